The van der Waals surface area contributed by atoms with Gasteiger partial charge in [-0.2, -0.15) is 4.99 Å². The Balaban J connectivity index is 1.53. The molecule has 184 valence electrons. The number of carbonyl (C=O) groups is 2. The molecule has 8 heteroatoms. The number of amides is 2. The molecule has 0 spiro atoms. The lowest BCUT2D eigenvalue weighted by atomic mass is 10.1. The van der Waals surface area contributed by atoms with Crippen LogP contribution in [0, 0.1) is 13.8 Å². The van der Waals surface area contributed by atoms with Crippen molar-refractivity contribution in [3.8, 4) is 0 Å². The van der Waals surface area contributed by atoms with Crippen molar-refractivity contribution in [2.75, 3.05) is 0 Å². The van der Waals surface area contributed by atoms with E-state index in [1.807, 2.05) is 79.9 Å². The maximum atomic E-state index is 12.8. The normalized spacial score (nSPS) is 12.4. The van der Waals surface area contributed by atoms with Gasteiger partial charge in [0.25, 0.3) is 11.8 Å². The number of hydrogen-bond donors (Lipinski definition) is 1. The molecule has 1 heterocycles. The molecule has 0 aliphatic rings. The lowest BCUT2D eigenvalue weighted by Gasteiger charge is -2.14. The van der Waals surface area contributed by atoms with E-state index in [9.17, 15) is 9.59 Å². The Morgan fingerprint density at radius 3 is 2.36 bits per heavy atom. The summed E-state index contributed by atoms with van der Waals surface area (Å²) in [4.78, 5) is 31.6. The maximum absolute atomic E-state index is 12.8. The molecule has 1 unspecified atom stereocenters. The summed E-state index contributed by atoms with van der Waals surface area (Å²) in [6.07, 6.45) is 0. The number of halogens is 2. The Kier molecular flexibility index (Phi) is 8.09. The van der Waals surface area contributed by atoms with Crippen LogP contribution in [0.3, 0.4) is 0 Å². The lowest BCUT2D eigenvalue weighted by molar-refractivity contribution is 0.0938. The first kappa shape index (κ1) is 25.9. The van der Waals surface area contributed by atoms with Crippen LogP contribution in [-0.2, 0) is 6.54 Å². The van der Waals surface area contributed by atoms with Crippen LogP contribution in [0.15, 0.2) is 77.8 Å². The van der Waals surface area contributed by atoms with Gasteiger partial charge >= 0.3 is 0 Å². The average Bonchev–Trinajstić information content (AvgIpc) is 3.12. The Morgan fingerprint density at radius 1 is 1.00 bits per heavy atom. The molecule has 1 atom stereocenters. The lowest BCUT2D eigenvalue weighted by Crippen LogP contribution is -2.26. The summed E-state index contributed by atoms with van der Waals surface area (Å²) >= 11 is 13.6. The Bertz CT molecular complexity index is 1480. The molecular formula is C28H25Cl2N3O2S. The van der Waals surface area contributed by atoms with Gasteiger partial charge in [-0.25, -0.2) is 0 Å². The van der Waals surface area contributed by atoms with Crippen molar-refractivity contribution in [2.45, 2.75) is 33.4 Å². The molecule has 4 rings (SSSR count). The molecule has 4 aromatic rings. The minimum Gasteiger partial charge on any atom is -0.346 e. The van der Waals surface area contributed by atoms with E-state index in [2.05, 4.69) is 10.3 Å². The van der Waals surface area contributed by atoms with Crippen LogP contribution in [-0.4, -0.2) is 16.4 Å². The predicted octanol–water partition coefficient (Wildman–Crippen LogP) is 6.75. The maximum Gasteiger partial charge on any atom is 0.281 e. The molecule has 0 saturated carbocycles. The van der Waals surface area contributed by atoms with Crippen molar-refractivity contribution in [1.29, 1.82) is 0 Å². The zero-order valence-corrected chi connectivity index (χ0v) is 22.4. The van der Waals surface area contributed by atoms with E-state index >= 15 is 0 Å². The van der Waals surface area contributed by atoms with Crippen LogP contribution in [0.1, 0.15) is 55.4 Å². The molecule has 0 bridgehead atoms. The van der Waals surface area contributed by atoms with Crippen molar-refractivity contribution in [3.05, 3.63) is 120 Å². The van der Waals surface area contributed by atoms with Crippen LogP contribution in [0.25, 0.3) is 0 Å². The third-order valence-corrected chi connectivity index (χ3v) is 7.60. The first-order valence-corrected chi connectivity index (χ1v) is 13.0. The summed E-state index contributed by atoms with van der Waals surface area (Å²) in [7, 11) is 0. The van der Waals surface area contributed by atoms with Crippen LogP contribution in [0.2, 0.25) is 10.0 Å². The minimum atomic E-state index is -0.425. The molecule has 0 saturated heterocycles. The van der Waals surface area contributed by atoms with E-state index in [1.165, 1.54) is 17.4 Å². The van der Waals surface area contributed by atoms with Crippen LogP contribution in [0.5, 0.6) is 0 Å². The van der Waals surface area contributed by atoms with Gasteiger partial charge in [0.2, 0.25) is 0 Å². The monoisotopic (exact) mass is 537 g/mol. The van der Waals surface area contributed by atoms with Crippen LogP contribution in [0.4, 0.5) is 0 Å². The molecule has 0 aliphatic heterocycles. The third-order valence-electron chi connectivity index (χ3n) is 5.95. The third kappa shape index (κ3) is 5.95. The van der Waals surface area contributed by atoms with Gasteiger partial charge in [-0.05, 0) is 62.2 Å². The second-order valence-corrected chi connectivity index (χ2v) is 10.5. The number of hydrogen-bond acceptors (Lipinski definition) is 3. The van der Waals surface area contributed by atoms with E-state index in [4.69, 9.17) is 23.2 Å². The molecule has 0 radical (unpaired) electrons. The van der Waals surface area contributed by atoms with Gasteiger partial charge in [0, 0.05) is 21.2 Å². The zero-order valence-electron chi connectivity index (χ0n) is 20.1. The quantitative estimate of drug-likeness (QED) is 0.295. The number of carbonyl (C=O) groups excluding carboxylic acids is 2. The highest BCUT2D eigenvalue weighted by molar-refractivity contribution is 7.09. The van der Waals surface area contributed by atoms with E-state index < -0.39 is 5.91 Å². The van der Waals surface area contributed by atoms with Gasteiger partial charge in [0.1, 0.15) is 0 Å². The average molecular weight is 539 g/mol. The number of thiazole rings is 1. The SMILES string of the molecule is Cc1sc(=NC(=O)c2ccc(Cl)cc2Cl)n(Cc2ccc(C(=O)NC(C)c3ccccc3)cc2)c1C. The van der Waals surface area contributed by atoms with Crippen LogP contribution < -0.4 is 10.1 Å². The van der Waals surface area contributed by atoms with Crippen molar-refractivity contribution in [2.24, 2.45) is 4.99 Å². The summed E-state index contributed by atoms with van der Waals surface area (Å²) in [5.41, 5.74) is 3.95. The molecule has 3 aromatic carbocycles. The highest BCUT2D eigenvalue weighted by Crippen LogP contribution is 2.22. The number of aromatic nitrogens is 1. The van der Waals surface area contributed by atoms with Crippen molar-refractivity contribution >= 4 is 46.4 Å². The predicted molar refractivity (Wildman–Crippen MR) is 146 cm³/mol. The van der Waals surface area contributed by atoms with E-state index in [-0.39, 0.29) is 17.0 Å². The fourth-order valence-electron chi connectivity index (χ4n) is 3.73. The fourth-order valence-corrected chi connectivity index (χ4v) is 5.19. The standard InChI is InChI=1S/C28H25Cl2N3O2S/c1-17(21-7-5-4-6-8-21)31-26(34)22-11-9-20(10-12-22)16-33-18(2)19(3)36-28(33)32-27(35)24-14-13-23(29)15-25(24)30/h4-15,17H,16H2,1-3H3,(H,31,34). The Morgan fingerprint density at radius 2 is 1.69 bits per heavy atom. The largest absolute Gasteiger partial charge is 0.346 e. The van der Waals surface area contributed by atoms with Gasteiger partial charge in [0.05, 0.1) is 23.2 Å². The minimum absolute atomic E-state index is 0.0961. The van der Waals surface area contributed by atoms with E-state index in [0.29, 0.717) is 27.5 Å². The smallest absolute Gasteiger partial charge is 0.281 e. The van der Waals surface area contributed by atoms with Crippen molar-refractivity contribution < 1.29 is 9.59 Å². The summed E-state index contributed by atoms with van der Waals surface area (Å²) in [5.74, 6) is -0.555. The van der Waals surface area contributed by atoms with Gasteiger partial charge in [-0.1, -0.05) is 65.7 Å². The first-order chi connectivity index (χ1) is 17.2. The fraction of sp³-hybridized carbons (Fsp3) is 0.179. The molecule has 2 amide bonds. The Labute approximate surface area is 224 Å². The number of nitrogens with one attached hydrogen (secondary N) is 1. The summed E-state index contributed by atoms with van der Waals surface area (Å²) in [5, 5.41) is 3.76. The molecule has 5 nitrogen and oxygen atoms in total. The molecule has 0 fully saturated rings. The van der Waals surface area contributed by atoms with Gasteiger partial charge in [-0.3, -0.25) is 9.59 Å². The summed E-state index contributed by atoms with van der Waals surface area (Å²) < 4.78 is 1.99. The first-order valence-electron chi connectivity index (χ1n) is 11.4. The highest BCUT2D eigenvalue weighted by atomic mass is 35.5. The molecule has 1 aromatic heterocycles. The molecule has 1 N–H and O–H groups in total. The highest BCUT2D eigenvalue weighted by Gasteiger charge is 2.14. The second-order valence-electron chi connectivity index (χ2n) is 8.46. The molecule has 0 aliphatic carbocycles. The second kappa shape index (κ2) is 11.2. The topological polar surface area (TPSA) is 63.5 Å². The van der Waals surface area contributed by atoms with Gasteiger partial charge in [0.15, 0.2) is 4.80 Å². The van der Waals surface area contributed by atoms with Crippen LogP contribution >= 0.6 is 34.5 Å². The van der Waals surface area contributed by atoms with Gasteiger partial charge < -0.3 is 9.88 Å². The zero-order chi connectivity index (χ0) is 25.8. The Hall–Kier alpha value is -3.19. The van der Waals surface area contributed by atoms with E-state index in [1.54, 1.807) is 12.1 Å². The molecule has 36 heavy (non-hydrogen) atoms. The van der Waals surface area contributed by atoms with Crippen molar-refractivity contribution in [1.82, 2.24) is 9.88 Å². The number of rotatable bonds is 6. The number of aryl methyl sites for hydroxylation is 1. The van der Waals surface area contributed by atoms with E-state index in [0.717, 1.165) is 21.7 Å². The van der Waals surface area contributed by atoms with Gasteiger partial charge in [-0.15, -0.1) is 11.3 Å². The summed E-state index contributed by atoms with van der Waals surface area (Å²) in [6, 6.07) is 21.9. The molecular weight excluding hydrogens is 513 g/mol. The number of benzene rings is 3. The van der Waals surface area contributed by atoms with Crippen molar-refractivity contribution in [3.63, 3.8) is 0 Å². The summed E-state index contributed by atoms with van der Waals surface area (Å²) in [6.45, 7) is 6.47. The number of nitrogens with zero attached hydrogens (tertiary/aromatic N) is 2.